The molecule has 1 amide bonds. The number of aromatic amines is 1. The Hall–Kier alpha value is -4.44. The smallest absolute Gasteiger partial charge is 0.449 e. The van der Waals surface area contributed by atoms with Crippen molar-refractivity contribution >= 4 is 50.7 Å². The van der Waals surface area contributed by atoms with Crippen molar-refractivity contribution in [1.29, 1.82) is 0 Å². The lowest BCUT2D eigenvalue weighted by atomic mass is 9.89. The van der Waals surface area contributed by atoms with Crippen molar-refractivity contribution in [1.82, 2.24) is 25.1 Å². The molecule has 320 valence electrons. The summed E-state index contributed by atoms with van der Waals surface area (Å²) in [5.74, 6) is -6.04. The van der Waals surface area contributed by atoms with Crippen LogP contribution in [-0.2, 0) is 38.4 Å². The first-order valence-electron chi connectivity index (χ1n) is 18.6. The van der Waals surface area contributed by atoms with E-state index < -0.39 is 64.5 Å². The lowest BCUT2D eigenvalue weighted by Crippen LogP contribution is -2.58. The SMILES string of the molecule is CC(C)Cc1nc(C(=O)N2CCOC3(CCN(Cc4cccc(CCNC[C@H](OC(=O)C(F)(F)F)c5ccc(OC(=O)C(F)(F)F)c6[nH]c(=O)sc56)c4F)CC3)C2)cs1. The van der Waals surface area contributed by atoms with E-state index in [4.69, 9.17) is 9.47 Å². The number of halogens is 7. The Labute approximate surface area is 340 Å². The van der Waals surface area contributed by atoms with E-state index in [1.54, 1.807) is 28.5 Å². The Bertz CT molecular complexity index is 2210. The van der Waals surface area contributed by atoms with Crippen molar-refractivity contribution in [3.8, 4) is 5.75 Å². The van der Waals surface area contributed by atoms with Crippen molar-refractivity contribution in [3.05, 3.63) is 78.6 Å². The second-order valence-electron chi connectivity index (χ2n) is 14.8. The van der Waals surface area contributed by atoms with Crippen molar-refractivity contribution in [2.45, 2.75) is 70.1 Å². The number of nitrogens with one attached hydrogen (secondary N) is 2. The van der Waals surface area contributed by atoms with E-state index in [1.807, 2.05) is 0 Å². The van der Waals surface area contributed by atoms with Gasteiger partial charge in [-0.2, -0.15) is 26.3 Å². The second kappa shape index (κ2) is 18.0. The summed E-state index contributed by atoms with van der Waals surface area (Å²) in [5, 5.41) is 5.57. The van der Waals surface area contributed by atoms with E-state index in [-0.39, 0.29) is 29.1 Å². The van der Waals surface area contributed by atoms with Crippen LogP contribution in [0.25, 0.3) is 10.2 Å². The molecule has 2 aliphatic rings. The van der Waals surface area contributed by atoms with Crippen molar-refractivity contribution < 1.29 is 59.3 Å². The quantitative estimate of drug-likeness (QED) is 0.0677. The Morgan fingerprint density at radius 3 is 2.42 bits per heavy atom. The number of amides is 1. The minimum absolute atomic E-state index is 0.00698. The van der Waals surface area contributed by atoms with E-state index in [9.17, 15) is 45.5 Å². The molecule has 2 fully saturated rings. The lowest BCUT2D eigenvalue weighted by molar-refractivity contribution is -0.205. The van der Waals surface area contributed by atoms with E-state index in [2.05, 4.69) is 38.8 Å². The number of esters is 2. The molecular weight excluding hydrogens is 836 g/mol. The van der Waals surface area contributed by atoms with E-state index in [0.717, 1.165) is 23.6 Å². The summed E-state index contributed by atoms with van der Waals surface area (Å²) in [7, 11) is 0. The van der Waals surface area contributed by atoms with Crippen LogP contribution >= 0.6 is 22.7 Å². The molecule has 0 aliphatic carbocycles. The molecule has 1 atom stereocenters. The fourth-order valence-electron chi connectivity index (χ4n) is 7.04. The average Bonchev–Trinajstić information content (AvgIpc) is 3.80. The van der Waals surface area contributed by atoms with Gasteiger partial charge < -0.3 is 29.4 Å². The number of alkyl halides is 6. The highest BCUT2D eigenvalue weighted by Gasteiger charge is 2.44. The Morgan fingerprint density at radius 2 is 1.73 bits per heavy atom. The number of rotatable bonds is 13. The molecule has 1 spiro atoms. The predicted octanol–water partition coefficient (Wildman–Crippen LogP) is 6.34. The summed E-state index contributed by atoms with van der Waals surface area (Å²) in [6, 6.07) is 6.71. The number of hydrogen-bond acceptors (Lipinski definition) is 12. The first-order chi connectivity index (χ1) is 27.8. The first-order valence-corrected chi connectivity index (χ1v) is 20.3. The van der Waals surface area contributed by atoms with Crippen LogP contribution in [0, 0.1) is 11.7 Å². The number of likely N-dealkylation sites (tertiary alicyclic amines) is 1. The highest BCUT2D eigenvalue weighted by molar-refractivity contribution is 7.16. The van der Waals surface area contributed by atoms with Crippen LogP contribution in [-0.4, -0.2) is 101 Å². The first kappa shape index (κ1) is 44.1. The zero-order valence-electron chi connectivity index (χ0n) is 31.8. The average molecular weight is 876 g/mol. The van der Waals surface area contributed by atoms with Crippen LogP contribution in [0.2, 0.25) is 0 Å². The van der Waals surface area contributed by atoms with E-state index in [1.165, 1.54) is 11.3 Å². The van der Waals surface area contributed by atoms with E-state index >= 15 is 4.39 Å². The summed E-state index contributed by atoms with van der Waals surface area (Å²) in [5.41, 5.74) is 0.0400. The largest absolute Gasteiger partial charge is 0.491 e. The molecule has 12 nitrogen and oxygen atoms in total. The number of ether oxygens (including phenoxy) is 3. The summed E-state index contributed by atoms with van der Waals surface area (Å²) < 4.78 is 109. The van der Waals surface area contributed by atoms with Gasteiger partial charge in [0.05, 0.1) is 28.5 Å². The highest BCUT2D eigenvalue weighted by Crippen LogP contribution is 2.36. The number of fused-ring (bicyclic) bond motifs is 1. The molecule has 4 aromatic rings. The third-order valence-electron chi connectivity index (χ3n) is 9.94. The number of hydrogen-bond donors (Lipinski definition) is 2. The Balaban J connectivity index is 1.06. The summed E-state index contributed by atoms with van der Waals surface area (Å²) >= 11 is 1.88. The molecule has 2 saturated heterocycles. The summed E-state index contributed by atoms with van der Waals surface area (Å²) in [6.07, 6.45) is -10.4. The molecule has 0 bridgehead atoms. The van der Waals surface area contributed by atoms with Crippen LogP contribution in [0.1, 0.15) is 65.0 Å². The number of morpholine rings is 1. The molecule has 2 aromatic carbocycles. The number of nitrogens with zero attached hydrogens (tertiary/aromatic N) is 3. The zero-order chi connectivity index (χ0) is 42.7. The summed E-state index contributed by atoms with van der Waals surface area (Å²) in [4.78, 5) is 58.7. The molecular formula is C38H40F7N5O7S2. The van der Waals surface area contributed by atoms with Crippen LogP contribution in [0.5, 0.6) is 5.75 Å². The van der Waals surface area contributed by atoms with Crippen molar-refractivity contribution in [2.24, 2.45) is 5.92 Å². The van der Waals surface area contributed by atoms with Gasteiger partial charge in [0, 0.05) is 55.7 Å². The third-order valence-corrected chi connectivity index (χ3v) is 11.7. The van der Waals surface area contributed by atoms with Gasteiger partial charge in [0.2, 0.25) is 0 Å². The topological polar surface area (TPSA) is 143 Å². The number of H-pyrrole nitrogens is 1. The van der Waals surface area contributed by atoms with Crippen LogP contribution in [0.15, 0.2) is 40.5 Å². The van der Waals surface area contributed by atoms with E-state index in [0.29, 0.717) is 86.2 Å². The maximum absolute atomic E-state index is 15.8. The molecule has 2 N–H and O–H groups in total. The molecule has 4 heterocycles. The van der Waals surface area contributed by atoms with Gasteiger partial charge in [-0.05, 0) is 49.4 Å². The number of carbonyl (C=O) groups is 3. The van der Waals surface area contributed by atoms with Crippen molar-refractivity contribution in [2.75, 3.05) is 45.9 Å². The molecule has 0 saturated carbocycles. The monoisotopic (exact) mass is 875 g/mol. The molecule has 0 unspecified atom stereocenters. The minimum Gasteiger partial charge on any atom is -0.449 e. The van der Waals surface area contributed by atoms with Crippen LogP contribution in [0.3, 0.4) is 0 Å². The van der Waals surface area contributed by atoms with Crippen molar-refractivity contribution in [3.63, 3.8) is 0 Å². The number of benzene rings is 2. The highest BCUT2D eigenvalue weighted by atomic mass is 32.1. The van der Waals surface area contributed by atoms with Gasteiger partial charge >= 0.3 is 29.2 Å². The van der Waals surface area contributed by atoms with Crippen LogP contribution < -0.4 is 14.9 Å². The van der Waals surface area contributed by atoms with Crippen LogP contribution in [0.4, 0.5) is 30.7 Å². The van der Waals surface area contributed by atoms with Gasteiger partial charge in [0.1, 0.15) is 23.1 Å². The normalized spacial score (nSPS) is 16.8. The van der Waals surface area contributed by atoms with Gasteiger partial charge in [-0.3, -0.25) is 14.5 Å². The maximum atomic E-state index is 15.8. The molecule has 6 rings (SSSR count). The fourth-order valence-corrected chi connectivity index (χ4v) is 8.93. The molecule has 21 heteroatoms. The van der Waals surface area contributed by atoms with Gasteiger partial charge in [-0.15, -0.1) is 11.3 Å². The number of aromatic nitrogens is 2. The fraction of sp³-hybridized carbons (Fsp3) is 0.500. The zero-order valence-corrected chi connectivity index (χ0v) is 33.4. The number of piperidine rings is 1. The molecule has 59 heavy (non-hydrogen) atoms. The van der Waals surface area contributed by atoms with Gasteiger partial charge in [-0.1, -0.05) is 43.4 Å². The molecule has 2 aliphatic heterocycles. The Morgan fingerprint density at radius 1 is 1.02 bits per heavy atom. The molecule has 2 aromatic heterocycles. The maximum Gasteiger partial charge on any atom is 0.491 e. The van der Waals surface area contributed by atoms with Gasteiger partial charge in [-0.25, -0.2) is 19.0 Å². The lowest BCUT2D eigenvalue weighted by Gasteiger charge is -2.47. The van der Waals surface area contributed by atoms with Gasteiger partial charge in [0.15, 0.2) is 5.75 Å². The predicted molar refractivity (Wildman–Crippen MR) is 202 cm³/mol. The Kier molecular flexibility index (Phi) is 13.5. The minimum atomic E-state index is -5.41. The van der Waals surface area contributed by atoms with Gasteiger partial charge in [0.25, 0.3) is 5.91 Å². The molecule has 0 radical (unpaired) electrons. The standard InChI is InChI=1S/C38H40F7N5O7S2/c1-21(2)16-28-47-25(19-58-28)32(51)50-14-15-55-36(20-50)9-12-49(13-10-36)18-23-5-3-4-22(29(23)39)8-11-46-17-27(57-34(53)38(43,44)45)24-6-7-26(56-33(52)37(40,41)42)30-31(24)59-35(54)48-30/h3-7,19,21,27,46H,8-18,20H2,1-2H3,(H,48,54)/t27-/m0/s1. The second-order valence-corrected chi connectivity index (χ2v) is 16.7. The number of thiazole rings is 2. The number of carbonyl (C=O) groups excluding carboxylic acids is 3. The summed E-state index contributed by atoms with van der Waals surface area (Å²) in [6.45, 7) is 6.49. The third kappa shape index (κ3) is 10.8.